The Morgan fingerprint density at radius 1 is 1.78 bits per heavy atom. The molecule has 0 unspecified atom stereocenters. The molecular weight excluding hydrogens is 114 g/mol. The summed E-state index contributed by atoms with van der Waals surface area (Å²) in [7, 11) is 0. The Hall–Kier alpha value is -0.760. The summed E-state index contributed by atoms with van der Waals surface area (Å²) in [5, 5.41) is 9.19. The monoisotopic (exact) mass is 125 g/mol. The number of rotatable bonds is 2. The molecule has 0 saturated heterocycles. The van der Waals surface area contributed by atoms with Crippen LogP contribution in [0, 0.1) is 0 Å². The lowest BCUT2D eigenvalue weighted by Gasteiger charge is -2.02. The molecule has 0 radical (unpaired) electrons. The Bertz CT molecular complexity index is 157. The molecule has 2 nitrogen and oxygen atoms in total. The Kier molecular flexibility index (Phi) is 1.90. The normalized spacial score (nSPS) is 13.6. The van der Waals surface area contributed by atoms with E-state index in [0.717, 1.165) is 12.1 Å². The first kappa shape index (κ1) is 6.36. The minimum Gasteiger partial charge on any atom is -0.387 e. The van der Waals surface area contributed by atoms with E-state index in [1.165, 1.54) is 0 Å². The third-order valence-corrected chi connectivity index (χ3v) is 1.37. The summed E-state index contributed by atoms with van der Waals surface area (Å²) >= 11 is 0. The van der Waals surface area contributed by atoms with Gasteiger partial charge < -0.3 is 10.1 Å². The van der Waals surface area contributed by atoms with E-state index in [1.54, 1.807) is 0 Å². The lowest BCUT2D eigenvalue weighted by molar-refractivity contribution is 0.169. The first-order chi connectivity index (χ1) is 4.34. The van der Waals surface area contributed by atoms with E-state index in [-0.39, 0.29) is 6.10 Å². The van der Waals surface area contributed by atoms with Crippen molar-refractivity contribution in [1.82, 2.24) is 4.98 Å². The average molecular weight is 125 g/mol. The quantitative estimate of drug-likeness (QED) is 0.616. The third-order valence-electron chi connectivity index (χ3n) is 1.37. The predicted octanol–water partition coefficient (Wildman–Crippen LogP) is 1.46. The Morgan fingerprint density at radius 2 is 2.56 bits per heavy atom. The molecule has 0 aromatic carbocycles. The van der Waals surface area contributed by atoms with Gasteiger partial charge in [0, 0.05) is 11.9 Å². The first-order valence-corrected chi connectivity index (χ1v) is 3.16. The van der Waals surface area contributed by atoms with Gasteiger partial charge in [-0.2, -0.15) is 0 Å². The van der Waals surface area contributed by atoms with Crippen molar-refractivity contribution < 1.29 is 5.11 Å². The second-order valence-corrected chi connectivity index (χ2v) is 2.05. The zero-order valence-corrected chi connectivity index (χ0v) is 5.46. The number of hydrogen-bond donors (Lipinski definition) is 2. The second-order valence-electron chi connectivity index (χ2n) is 2.05. The molecule has 0 aliphatic heterocycles. The van der Waals surface area contributed by atoms with E-state index in [2.05, 4.69) is 4.98 Å². The molecule has 1 aromatic rings. The molecule has 0 spiro atoms. The smallest absolute Gasteiger partial charge is 0.0935 e. The van der Waals surface area contributed by atoms with Crippen LogP contribution in [0.15, 0.2) is 18.3 Å². The number of aliphatic hydroxyl groups excluding tert-OH is 1. The summed E-state index contributed by atoms with van der Waals surface area (Å²) in [5.41, 5.74) is 0.900. The summed E-state index contributed by atoms with van der Waals surface area (Å²) in [6.07, 6.45) is 2.26. The summed E-state index contributed by atoms with van der Waals surface area (Å²) in [4.78, 5) is 2.94. The van der Waals surface area contributed by atoms with Gasteiger partial charge in [-0.15, -0.1) is 0 Å². The summed E-state index contributed by atoms with van der Waals surface area (Å²) in [5.74, 6) is 0. The maximum atomic E-state index is 9.19. The molecule has 1 atom stereocenters. The van der Waals surface area contributed by atoms with Crippen LogP contribution in [0.1, 0.15) is 25.1 Å². The van der Waals surface area contributed by atoms with Crippen molar-refractivity contribution in [2.45, 2.75) is 19.4 Å². The number of hydrogen-bond acceptors (Lipinski definition) is 1. The van der Waals surface area contributed by atoms with Crippen LogP contribution in [-0.4, -0.2) is 10.1 Å². The van der Waals surface area contributed by atoms with Crippen molar-refractivity contribution in [2.24, 2.45) is 0 Å². The fourth-order valence-electron chi connectivity index (χ4n) is 0.771. The molecular formula is C7H11NO. The maximum Gasteiger partial charge on any atom is 0.0935 e. The van der Waals surface area contributed by atoms with Crippen molar-refractivity contribution in [3.8, 4) is 0 Å². The molecule has 50 valence electrons. The van der Waals surface area contributed by atoms with Crippen LogP contribution in [0.3, 0.4) is 0 Å². The van der Waals surface area contributed by atoms with Gasteiger partial charge in [0.25, 0.3) is 0 Å². The molecule has 1 rings (SSSR count). The van der Waals surface area contributed by atoms with Gasteiger partial charge in [-0.3, -0.25) is 0 Å². The molecule has 0 amide bonds. The molecule has 0 saturated carbocycles. The van der Waals surface area contributed by atoms with Crippen LogP contribution >= 0.6 is 0 Å². The van der Waals surface area contributed by atoms with Gasteiger partial charge in [0.15, 0.2) is 0 Å². The van der Waals surface area contributed by atoms with Gasteiger partial charge >= 0.3 is 0 Å². The van der Waals surface area contributed by atoms with E-state index >= 15 is 0 Å². The van der Waals surface area contributed by atoms with Crippen LogP contribution in [0.5, 0.6) is 0 Å². The van der Waals surface area contributed by atoms with Gasteiger partial charge in [-0.1, -0.05) is 6.92 Å². The molecule has 1 heterocycles. The molecule has 2 heteroatoms. The molecule has 2 N–H and O–H groups in total. The number of H-pyrrole nitrogens is 1. The first-order valence-electron chi connectivity index (χ1n) is 3.16. The Morgan fingerprint density at radius 3 is 3.00 bits per heavy atom. The highest BCUT2D eigenvalue weighted by molar-refractivity contribution is 5.06. The molecule has 0 aliphatic carbocycles. The molecule has 0 aliphatic rings. The Balaban J connectivity index is 2.65. The van der Waals surface area contributed by atoms with E-state index in [1.807, 2.05) is 25.3 Å². The zero-order valence-electron chi connectivity index (χ0n) is 5.46. The van der Waals surface area contributed by atoms with Gasteiger partial charge in [0.2, 0.25) is 0 Å². The highest BCUT2D eigenvalue weighted by Gasteiger charge is 2.02. The van der Waals surface area contributed by atoms with Crippen molar-refractivity contribution >= 4 is 0 Å². The van der Waals surface area contributed by atoms with Gasteiger partial charge in [0.1, 0.15) is 0 Å². The second kappa shape index (κ2) is 2.69. The number of nitrogens with one attached hydrogen (secondary N) is 1. The number of aliphatic hydroxyl groups is 1. The minimum atomic E-state index is -0.319. The van der Waals surface area contributed by atoms with Crippen molar-refractivity contribution in [2.75, 3.05) is 0 Å². The highest BCUT2D eigenvalue weighted by atomic mass is 16.3. The molecule has 0 bridgehead atoms. The van der Waals surface area contributed by atoms with Crippen LogP contribution in [0.2, 0.25) is 0 Å². The summed E-state index contributed by atoms with van der Waals surface area (Å²) in [6.45, 7) is 1.95. The SMILES string of the molecule is CC[C@@H](O)c1ccc[nH]1. The largest absolute Gasteiger partial charge is 0.387 e. The molecule has 1 aromatic heterocycles. The standard InChI is InChI=1S/C7H11NO/c1-2-7(9)6-4-3-5-8-6/h3-5,7-9H,2H2,1H3/t7-/m1/s1. The van der Waals surface area contributed by atoms with Crippen molar-refractivity contribution in [3.05, 3.63) is 24.0 Å². The van der Waals surface area contributed by atoms with E-state index in [0.29, 0.717) is 0 Å². The summed E-state index contributed by atoms with van der Waals surface area (Å²) in [6, 6.07) is 3.77. The Labute approximate surface area is 54.5 Å². The maximum absolute atomic E-state index is 9.19. The lowest BCUT2D eigenvalue weighted by Crippen LogP contribution is -1.93. The fraction of sp³-hybridized carbons (Fsp3) is 0.429. The zero-order chi connectivity index (χ0) is 6.69. The van der Waals surface area contributed by atoms with Gasteiger partial charge in [-0.05, 0) is 18.6 Å². The summed E-state index contributed by atoms with van der Waals surface area (Å²) < 4.78 is 0. The fourth-order valence-corrected chi connectivity index (χ4v) is 0.771. The van der Waals surface area contributed by atoms with Crippen LogP contribution < -0.4 is 0 Å². The van der Waals surface area contributed by atoms with E-state index in [9.17, 15) is 5.11 Å². The third kappa shape index (κ3) is 1.33. The highest BCUT2D eigenvalue weighted by Crippen LogP contribution is 2.11. The van der Waals surface area contributed by atoms with Crippen LogP contribution in [0.4, 0.5) is 0 Å². The average Bonchev–Trinajstić information content (AvgIpc) is 2.37. The van der Waals surface area contributed by atoms with Crippen molar-refractivity contribution in [3.63, 3.8) is 0 Å². The number of aromatic amines is 1. The number of aromatic nitrogens is 1. The van der Waals surface area contributed by atoms with Crippen molar-refractivity contribution in [1.29, 1.82) is 0 Å². The predicted molar refractivity (Wildman–Crippen MR) is 36.0 cm³/mol. The van der Waals surface area contributed by atoms with Crippen LogP contribution in [-0.2, 0) is 0 Å². The topological polar surface area (TPSA) is 36.0 Å². The van der Waals surface area contributed by atoms with Crippen LogP contribution in [0.25, 0.3) is 0 Å². The van der Waals surface area contributed by atoms with Gasteiger partial charge in [-0.25, -0.2) is 0 Å². The van der Waals surface area contributed by atoms with E-state index in [4.69, 9.17) is 0 Å². The molecule has 0 fully saturated rings. The molecule has 9 heavy (non-hydrogen) atoms. The van der Waals surface area contributed by atoms with Gasteiger partial charge in [0.05, 0.1) is 6.10 Å². The lowest BCUT2D eigenvalue weighted by atomic mass is 10.2. The minimum absolute atomic E-state index is 0.319. The van der Waals surface area contributed by atoms with E-state index < -0.39 is 0 Å².